The van der Waals surface area contributed by atoms with Gasteiger partial charge in [-0.1, -0.05) is 42.5 Å². The fourth-order valence-electron chi connectivity index (χ4n) is 8.48. The first-order valence-corrected chi connectivity index (χ1v) is 21.8. The number of hydrogen-bond acceptors (Lipinski definition) is 14. The molecule has 0 radical (unpaired) electrons. The van der Waals surface area contributed by atoms with Crippen LogP contribution >= 0.6 is 0 Å². The number of aromatic nitrogens is 3. The van der Waals surface area contributed by atoms with Gasteiger partial charge in [0.15, 0.2) is 26.3 Å². The predicted molar refractivity (Wildman–Crippen MR) is 201 cm³/mol. The number of amides is 2. The Bertz CT molecular complexity index is 1880. The van der Waals surface area contributed by atoms with Gasteiger partial charge in [-0.25, -0.2) is 0 Å². The molecule has 18 heteroatoms. The molecule has 0 aliphatic carbocycles. The zero-order chi connectivity index (χ0) is 40.5. The molecule has 1 aromatic heterocycles. The van der Waals surface area contributed by atoms with Gasteiger partial charge in [-0.3, -0.25) is 19.1 Å². The molecule has 0 bridgehead atoms. The number of hydrogen-bond donors (Lipinski definition) is 7. The molecule has 3 aliphatic heterocycles. The lowest BCUT2D eigenvalue weighted by Crippen LogP contribution is -2.60. The van der Waals surface area contributed by atoms with Crippen molar-refractivity contribution >= 4 is 37.5 Å². The van der Waals surface area contributed by atoms with Gasteiger partial charge in [0.25, 0.3) is 11.8 Å². The molecule has 10 atom stereocenters. The summed E-state index contributed by atoms with van der Waals surface area (Å²) in [5, 5.41) is 62.0. The van der Waals surface area contributed by atoms with Gasteiger partial charge in [-0.2, -0.15) is 0 Å². The van der Waals surface area contributed by atoms with Crippen LogP contribution in [0, 0.1) is 5.92 Å². The zero-order valence-corrected chi connectivity index (χ0v) is 32.8. The maximum Gasteiger partial charge on any atom is 0.305 e. The highest BCUT2D eigenvalue weighted by atomic mass is 28.4. The molecule has 1 spiro atoms. The topological polar surface area (TPSA) is 246 Å². The Hall–Kier alpha value is -4.11. The maximum absolute atomic E-state index is 14.8. The number of ether oxygens (including phenoxy) is 3. The Morgan fingerprint density at radius 3 is 2.45 bits per heavy atom. The molecule has 304 valence electrons. The molecule has 3 aliphatic rings. The minimum Gasteiger partial charge on any atom is -0.469 e. The van der Waals surface area contributed by atoms with E-state index >= 15 is 0 Å². The molecule has 4 heterocycles. The summed E-state index contributed by atoms with van der Waals surface area (Å²) in [4.78, 5) is 53.3. The van der Waals surface area contributed by atoms with Crippen molar-refractivity contribution in [3.8, 4) is 0 Å². The van der Waals surface area contributed by atoms with Crippen molar-refractivity contribution in [1.29, 1.82) is 0 Å². The quantitative estimate of drug-likeness (QED) is 0.0676. The molecule has 3 aromatic rings. The van der Waals surface area contributed by atoms with E-state index in [1.165, 1.54) is 7.11 Å². The SMILES string of the molecule is COC(=O)CCCCN1C(=O)[C@]2(O[C@H](CCn3cc(C(CO)c4ccccc4)nn3)[C@@H]([Si](C)(C)O)[C@@H]2C)c2cc(NC(=O)[C@H]3O[C@@H](O)[C@H](O)[C@@H](O)[C@@H]3O)ccc21. The van der Waals surface area contributed by atoms with Gasteiger partial charge in [0, 0.05) is 48.4 Å². The Kier molecular flexibility index (Phi) is 12.4. The summed E-state index contributed by atoms with van der Waals surface area (Å²) in [5.74, 6) is -2.55. The average Bonchev–Trinajstić information content (AvgIpc) is 3.83. The normalized spacial score (nSPS) is 29.4. The molecular formula is C38H51N5O12Si. The number of fused-ring (bicyclic) bond motifs is 2. The Balaban J connectivity index is 1.30. The molecule has 2 saturated heterocycles. The van der Waals surface area contributed by atoms with E-state index in [0.717, 1.165) is 5.56 Å². The van der Waals surface area contributed by atoms with Crippen molar-refractivity contribution in [2.24, 2.45) is 5.92 Å². The molecule has 17 nitrogen and oxygen atoms in total. The summed E-state index contributed by atoms with van der Waals surface area (Å²) in [6, 6.07) is 14.3. The lowest BCUT2D eigenvalue weighted by Gasteiger charge is -2.37. The van der Waals surface area contributed by atoms with Crippen LogP contribution in [-0.4, -0.2) is 128 Å². The molecule has 6 rings (SSSR count). The molecule has 7 N–H and O–H groups in total. The van der Waals surface area contributed by atoms with Gasteiger partial charge in [-0.15, -0.1) is 5.10 Å². The fraction of sp³-hybridized carbons (Fsp3) is 0.553. The summed E-state index contributed by atoms with van der Waals surface area (Å²) >= 11 is 0. The fourth-order valence-corrected chi connectivity index (χ4v) is 11.1. The van der Waals surface area contributed by atoms with Crippen LogP contribution in [0.15, 0.2) is 54.7 Å². The van der Waals surface area contributed by atoms with Crippen LogP contribution in [0.1, 0.15) is 55.3 Å². The summed E-state index contributed by atoms with van der Waals surface area (Å²) < 4.78 is 18.5. The van der Waals surface area contributed by atoms with Crippen LogP contribution in [0.25, 0.3) is 0 Å². The lowest BCUT2D eigenvalue weighted by molar-refractivity contribution is -0.274. The monoisotopic (exact) mass is 797 g/mol. The number of aliphatic hydroxyl groups excluding tert-OH is 5. The highest BCUT2D eigenvalue weighted by molar-refractivity contribution is 6.71. The van der Waals surface area contributed by atoms with Crippen molar-refractivity contribution in [2.45, 2.75) is 106 Å². The van der Waals surface area contributed by atoms with E-state index < -0.39 is 68.1 Å². The third kappa shape index (κ3) is 7.90. The smallest absolute Gasteiger partial charge is 0.305 e. The largest absolute Gasteiger partial charge is 0.469 e. The summed E-state index contributed by atoms with van der Waals surface area (Å²) in [5.41, 5.74) is 0.634. The molecular weight excluding hydrogens is 747 g/mol. The Labute approximate surface area is 324 Å². The van der Waals surface area contributed by atoms with E-state index in [-0.39, 0.29) is 43.1 Å². The van der Waals surface area contributed by atoms with E-state index in [9.17, 15) is 44.7 Å². The minimum atomic E-state index is -3.06. The van der Waals surface area contributed by atoms with Crippen LogP contribution in [0.4, 0.5) is 11.4 Å². The molecule has 2 aromatic carbocycles. The van der Waals surface area contributed by atoms with Gasteiger partial charge in [0.1, 0.15) is 18.3 Å². The minimum absolute atomic E-state index is 0.161. The predicted octanol–water partition coefficient (Wildman–Crippen LogP) is 0.719. The first kappa shape index (κ1) is 41.5. The zero-order valence-electron chi connectivity index (χ0n) is 31.8. The summed E-state index contributed by atoms with van der Waals surface area (Å²) in [7, 11) is -1.75. The summed E-state index contributed by atoms with van der Waals surface area (Å²) in [6.07, 6.45) is -6.54. The molecule has 1 unspecified atom stereocenters. The van der Waals surface area contributed by atoms with E-state index in [1.54, 1.807) is 47.1 Å². The maximum atomic E-state index is 14.8. The van der Waals surface area contributed by atoms with E-state index in [4.69, 9.17) is 14.2 Å². The number of esters is 1. The number of benzene rings is 2. The second-order valence-electron chi connectivity index (χ2n) is 15.3. The van der Waals surface area contributed by atoms with Gasteiger partial charge in [0.05, 0.1) is 37.1 Å². The highest BCUT2D eigenvalue weighted by Crippen LogP contribution is 2.60. The van der Waals surface area contributed by atoms with Crippen molar-refractivity contribution in [2.75, 3.05) is 30.5 Å². The number of nitrogens with one attached hydrogen (secondary N) is 1. The van der Waals surface area contributed by atoms with Gasteiger partial charge >= 0.3 is 5.97 Å². The molecule has 56 heavy (non-hydrogen) atoms. The third-order valence-corrected chi connectivity index (χ3v) is 13.8. The van der Waals surface area contributed by atoms with Gasteiger partial charge in [-0.05, 0) is 56.1 Å². The number of nitrogens with zero attached hydrogens (tertiary/aromatic N) is 4. The number of aryl methyl sites for hydroxylation is 1. The second-order valence-corrected chi connectivity index (χ2v) is 19.3. The number of anilines is 2. The number of carbonyl (C=O) groups excluding carboxylic acids is 3. The lowest BCUT2D eigenvalue weighted by atomic mass is 9.82. The van der Waals surface area contributed by atoms with Crippen LogP contribution in [0.3, 0.4) is 0 Å². The number of unbranched alkanes of at least 4 members (excludes halogenated alkanes) is 1. The number of aliphatic hydroxyl groups is 5. The highest BCUT2D eigenvalue weighted by Gasteiger charge is 2.66. The van der Waals surface area contributed by atoms with Crippen molar-refractivity contribution < 1.29 is 58.9 Å². The van der Waals surface area contributed by atoms with Crippen LogP contribution < -0.4 is 10.2 Å². The summed E-state index contributed by atoms with van der Waals surface area (Å²) in [6.45, 7) is 5.91. The van der Waals surface area contributed by atoms with Crippen LogP contribution in [0.2, 0.25) is 18.6 Å². The van der Waals surface area contributed by atoms with Crippen molar-refractivity contribution in [1.82, 2.24) is 15.0 Å². The van der Waals surface area contributed by atoms with E-state index in [1.807, 2.05) is 37.3 Å². The first-order valence-electron chi connectivity index (χ1n) is 18.8. The van der Waals surface area contributed by atoms with E-state index in [2.05, 4.69) is 15.6 Å². The average molecular weight is 798 g/mol. The number of rotatable bonds is 14. The third-order valence-electron chi connectivity index (χ3n) is 11.3. The molecule has 0 saturated carbocycles. The van der Waals surface area contributed by atoms with Crippen molar-refractivity contribution in [3.63, 3.8) is 0 Å². The van der Waals surface area contributed by atoms with Crippen molar-refractivity contribution in [3.05, 3.63) is 71.5 Å². The standard InChI is InChI=1S/C38H51N5O12Si/c1-21-34(56(3,4)52)28(15-17-42-19-26(40-41-42)24(20-44)22-10-6-5-7-11-22)55-38(21)25-18-23(39-35(49)33-31(47)30(46)32(48)36(50)54-33)13-14-27(25)43(37(38)51)16-9-8-12-29(45)53-2/h5-7,10-11,13-14,18-19,21,24,28,30-34,36,44,46-48,50,52H,8-9,12,15-17,20H2,1-4H3,(H,39,49)/t21-,24?,28+,30-,31-,32+,33-,34-,36+,38+/m0/s1. The molecule has 2 amide bonds. The number of methoxy groups -OCH3 is 1. The second kappa shape index (κ2) is 16.8. The van der Waals surface area contributed by atoms with Crippen LogP contribution in [-0.2, 0) is 40.7 Å². The van der Waals surface area contributed by atoms with Gasteiger partial charge < -0.3 is 54.8 Å². The Morgan fingerprint density at radius 1 is 1.04 bits per heavy atom. The first-order chi connectivity index (χ1) is 26.6. The number of carbonyl (C=O) groups is 3. The Morgan fingerprint density at radius 2 is 1.77 bits per heavy atom. The van der Waals surface area contributed by atoms with E-state index in [0.29, 0.717) is 42.8 Å². The van der Waals surface area contributed by atoms with Gasteiger partial charge in [0.2, 0.25) is 0 Å². The molecule has 2 fully saturated rings. The van der Waals surface area contributed by atoms with Crippen LogP contribution in [0.5, 0.6) is 0 Å².